The first-order chi connectivity index (χ1) is 9.46. The largest absolute Gasteiger partial charge is 0.380 e. The van der Waals surface area contributed by atoms with Crippen LogP contribution in [0.25, 0.3) is 0 Å². The molecule has 2 aromatic carbocycles. The average Bonchev–Trinajstić information content (AvgIpc) is 3.19. The van der Waals surface area contributed by atoms with E-state index in [-0.39, 0.29) is 17.0 Å². The summed E-state index contributed by atoms with van der Waals surface area (Å²) >= 11 is 0. The number of hydrogen-bond acceptors (Lipinski definition) is 1. The highest BCUT2D eigenvalue weighted by molar-refractivity contribution is 5.40. The first kappa shape index (κ1) is 13.3. The summed E-state index contributed by atoms with van der Waals surface area (Å²) in [5.41, 5.74) is -0.215. The van der Waals surface area contributed by atoms with Crippen LogP contribution in [-0.2, 0) is 5.60 Å². The van der Waals surface area contributed by atoms with Crippen molar-refractivity contribution in [3.63, 3.8) is 0 Å². The topological polar surface area (TPSA) is 20.2 Å². The van der Waals surface area contributed by atoms with Crippen LogP contribution < -0.4 is 0 Å². The Bertz CT molecular complexity index is 567. The van der Waals surface area contributed by atoms with Gasteiger partial charge in [0.1, 0.15) is 17.2 Å². The van der Waals surface area contributed by atoms with Crippen LogP contribution in [0.3, 0.4) is 0 Å². The zero-order valence-electron chi connectivity index (χ0n) is 11.2. The molecule has 0 saturated heterocycles. The summed E-state index contributed by atoms with van der Waals surface area (Å²) in [7, 11) is 0. The van der Waals surface area contributed by atoms with Crippen molar-refractivity contribution in [3.05, 3.63) is 71.3 Å². The molecule has 0 heterocycles. The fourth-order valence-electron chi connectivity index (χ4n) is 2.80. The lowest BCUT2D eigenvalue weighted by Gasteiger charge is -2.36. The summed E-state index contributed by atoms with van der Waals surface area (Å²) in [5.74, 6) is -0.674. The van der Waals surface area contributed by atoms with E-state index < -0.39 is 5.60 Å². The number of benzene rings is 2. The molecule has 0 atom stereocenters. The monoisotopic (exact) mass is 274 g/mol. The summed E-state index contributed by atoms with van der Waals surface area (Å²) in [6.45, 7) is 2.00. The standard InChI is InChI=1S/C17H16F2O/c1-16(10-11-16)17(20,12-2-6-14(18)7-3-12)13-4-8-15(19)9-5-13/h2-9,20H,10-11H2,1H3. The van der Waals surface area contributed by atoms with Gasteiger partial charge < -0.3 is 5.11 Å². The highest BCUT2D eigenvalue weighted by Crippen LogP contribution is 2.60. The SMILES string of the molecule is CC1(C(O)(c2ccc(F)cc2)c2ccc(F)cc2)CC1. The lowest BCUT2D eigenvalue weighted by molar-refractivity contribution is 0.00963. The van der Waals surface area contributed by atoms with Gasteiger partial charge in [0.25, 0.3) is 0 Å². The maximum atomic E-state index is 13.1. The predicted octanol–water partition coefficient (Wildman–Crippen LogP) is 4.00. The lowest BCUT2D eigenvalue weighted by atomic mass is 9.74. The van der Waals surface area contributed by atoms with Gasteiger partial charge in [-0.2, -0.15) is 0 Å². The van der Waals surface area contributed by atoms with Crippen molar-refractivity contribution in [1.82, 2.24) is 0 Å². The molecule has 3 rings (SSSR count). The Balaban J connectivity index is 2.14. The van der Waals surface area contributed by atoms with E-state index >= 15 is 0 Å². The maximum Gasteiger partial charge on any atom is 0.123 e. The van der Waals surface area contributed by atoms with E-state index in [9.17, 15) is 13.9 Å². The molecule has 1 nitrogen and oxygen atoms in total. The smallest absolute Gasteiger partial charge is 0.123 e. The second-order valence-electron chi connectivity index (χ2n) is 5.78. The summed E-state index contributed by atoms with van der Waals surface area (Å²) in [6.07, 6.45) is 1.77. The quantitative estimate of drug-likeness (QED) is 0.897. The molecule has 1 aliphatic carbocycles. The fraction of sp³-hybridized carbons (Fsp3) is 0.294. The molecule has 1 saturated carbocycles. The zero-order chi connectivity index (χ0) is 14.4. The molecule has 0 amide bonds. The van der Waals surface area contributed by atoms with Crippen molar-refractivity contribution >= 4 is 0 Å². The minimum atomic E-state index is -1.21. The van der Waals surface area contributed by atoms with Crippen LogP contribution in [0.2, 0.25) is 0 Å². The van der Waals surface area contributed by atoms with Crippen LogP contribution in [0.4, 0.5) is 8.78 Å². The first-order valence-corrected chi connectivity index (χ1v) is 6.70. The van der Waals surface area contributed by atoms with Crippen LogP contribution >= 0.6 is 0 Å². The molecule has 1 fully saturated rings. The third kappa shape index (κ3) is 1.93. The van der Waals surface area contributed by atoms with E-state index in [1.54, 1.807) is 24.3 Å². The first-order valence-electron chi connectivity index (χ1n) is 6.70. The van der Waals surface area contributed by atoms with E-state index in [2.05, 4.69) is 0 Å². The van der Waals surface area contributed by atoms with Crippen molar-refractivity contribution in [3.8, 4) is 0 Å². The molecule has 0 aromatic heterocycles. The van der Waals surface area contributed by atoms with Gasteiger partial charge in [-0.25, -0.2) is 8.78 Å². The molecule has 104 valence electrons. The van der Waals surface area contributed by atoms with E-state index in [0.29, 0.717) is 11.1 Å². The Kier molecular flexibility index (Phi) is 2.91. The summed E-state index contributed by atoms with van der Waals surface area (Å²) < 4.78 is 26.2. The molecular formula is C17H16F2O. The van der Waals surface area contributed by atoms with Gasteiger partial charge in [-0.05, 0) is 48.2 Å². The van der Waals surface area contributed by atoms with Crippen molar-refractivity contribution in [2.75, 3.05) is 0 Å². The summed E-state index contributed by atoms with van der Waals surface area (Å²) in [6, 6.07) is 11.8. The third-order valence-electron chi connectivity index (χ3n) is 4.40. The Morgan fingerprint density at radius 3 is 1.50 bits per heavy atom. The number of halogens is 2. The van der Waals surface area contributed by atoms with Crippen LogP contribution in [-0.4, -0.2) is 5.11 Å². The van der Waals surface area contributed by atoms with E-state index in [0.717, 1.165) is 12.8 Å². The van der Waals surface area contributed by atoms with Gasteiger partial charge in [-0.3, -0.25) is 0 Å². The summed E-state index contributed by atoms with van der Waals surface area (Å²) in [4.78, 5) is 0. The van der Waals surface area contributed by atoms with Gasteiger partial charge in [0.2, 0.25) is 0 Å². The molecule has 2 aromatic rings. The second kappa shape index (κ2) is 4.38. The predicted molar refractivity (Wildman–Crippen MR) is 73.1 cm³/mol. The molecular weight excluding hydrogens is 258 g/mol. The van der Waals surface area contributed by atoms with Crippen LogP contribution in [0.1, 0.15) is 30.9 Å². The highest BCUT2D eigenvalue weighted by Gasteiger charge is 2.56. The Morgan fingerprint density at radius 2 is 1.20 bits per heavy atom. The molecule has 0 aliphatic heterocycles. The van der Waals surface area contributed by atoms with Gasteiger partial charge in [0, 0.05) is 5.41 Å². The number of hydrogen-bond donors (Lipinski definition) is 1. The molecule has 1 N–H and O–H groups in total. The molecule has 0 bridgehead atoms. The minimum absolute atomic E-state index is 0.289. The van der Waals surface area contributed by atoms with Gasteiger partial charge in [0.05, 0.1) is 0 Å². The van der Waals surface area contributed by atoms with Gasteiger partial charge in [0.15, 0.2) is 0 Å². The van der Waals surface area contributed by atoms with Gasteiger partial charge in [-0.1, -0.05) is 31.2 Å². The van der Waals surface area contributed by atoms with Crippen molar-refractivity contribution in [1.29, 1.82) is 0 Å². The average molecular weight is 274 g/mol. The Hall–Kier alpha value is -1.74. The van der Waals surface area contributed by atoms with Gasteiger partial charge in [-0.15, -0.1) is 0 Å². The second-order valence-corrected chi connectivity index (χ2v) is 5.78. The zero-order valence-corrected chi connectivity index (χ0v) is 11.2. The fourth-order valence-corrected chi connectivity index (χ4v) is 2.80. The number of aliphatic hydroxyl groups is 1. The Morgan fingerprint density at radius 1 is 0.850 bits per heavy atom. The van der Waals surface area contributed by atoms with Crippen LogP contribution in [0, 0.1) is 17.0 Å². The van der Waals surface area contributed by atoms with Crippen LogP contribution in [0.5, 0.6) is 0 Å². The minimum Gasteiger partial charge on any atom is -0.380 e. The van der Waals surface area contributed by atoms with Crippen molar-refractivity contribution in [2.45, 2.75) is 25.4 Å². The van der Waals surface area contributed by atoms with E-state index in [4.69, 9.17) is 0 Å². The highest BCUT2D eigenvalue weighted by atomic mass is 19.1. The van der Waals surface area contributed by atoms with Gasteiger partial charge >= 0.3 is 0 Å². The molecule has 0 unspecified atom stereocenters. The van der Waals surface area contributed by atoms with E-state index in [1.165, 1.54) is 24.3 Å². The molecule has 3 heteroatoms. The Labute approximate surface area is 116 Å². The molecule has 1 aliphatic rings. The normalized spacial score (nSPS) is 17.0. The molecule has 0 radical (unpaired) electrons. The lowest BCUT2D eigenvalue weighted by Crippen LogP contribution is -2.36. The van der Waals surface area contributed by atoms with Crippen molar-refractivity contribution < 1.29 is 13.9 Å². The van der Waals surface area contributed by atoms with Crippen LogP contribution in [0.15, 0.2) is 48.5 Å². The summed E-state index contributed by atoms with van der Waals surface area (Å²) in [5, 5.41) is 11.3. The maximum absolute atomic E-state index is 13.1. The molecule has 20 heavy (non-hydrogen) atoms. The third-order valence-corrected chi connectivity index (χ3v) is 4.40. The van der Waals surface area contributed by atoms with E-state index in [1.807, 2.05) is 6.92 Å². The number of rotatable bonds is 3. The van der Waals surface area contributed by atoms with Crippen molar-refractivity contribution in [2.24, 2.45) is 5.41 Å². The molecule has 0 spiro atoms.